The molecule has 1 aliphatic rings. The number of hydrogen-bond acceptors (Lipinski definition) is 2. The summed E-state index contributed by atoms with van der Waals surface area (Å²) in [5.41, 5.74) is 0.766. The molecule has 1 saturated carbocycles. The van der Waals surface area contributed by atoms with Gasteiger partial charge >= 0.3 is 0 Å². The molecule has 0 aliphatic heterocycles. The van der Waals surface area contributed by atoms with Crippen LogP contribution >= 0.6 is 34.8 Å². The van der Waals surface area contributed by atoms with Gasteiger partial charge in [0.1, 0.15) is 0 Å². The summed E-state index contributed by atoms with van der Waals surface area (Å²) in [6.07, 6.45) is 3.39. The summed E-state index contributed by atoms with van der Waals surface area (Å²) >= 11 is 18.8. The van der Waals surface area contributed by atoms with E-state index in [4.69, 9.17) is 34.8 Å². The zero-order valence-corrected chi connectivity index (χ0v) is 21.3. The molecular formula is C24H31Cl3O2Si. The van der Waals surface area contributed by atoms with Crippen molar-refractivity contribution in [2.75, 3.05) is 0 Å². The van der Waals surface area contributed by atoms with E-state index in [-0.39, 0.29) is 11.0 Å². The van der Waals surface area contributed by atoms with Crippen molar-refractivity contribution in [3.8, 4) is 0 Å². The molecule has 0 spiro atoms. The van der Waals surface area contributed by atoms with E-state index in [1.807, 2.05) is 49.5 Å². The van der Waals surface area contributed by atoms with Gasteiger partial charge in [0, 0.05) is 21.0 Å². The average molecular weight is 486 g/mol. The first-order valence-electron chi connectivity index (χ1n) is 10.5. The molecule has 2 nitrogen and oxygen atoms in total. The number of aliphatic hydroxyl groups is 1. The third-order valence-electron chi connectivity index (χ3n) is 7.26. The summed E-state index contributed by atoms with van der Waals surface area (Å²) in [6, 6.07) is 13.0. The second-order valence-electron chi connectivity index (χ2n) is 9.94. The molecule has 0 amide bonds. The van der Waals surface area contributed by atoms with Crippen molar-refractivity contribution >= 4 is 43.1 Å². The molecule has 1 fully saturated rings. The van der Waals surface area contributed by atoms with Gasteiger partial charge in [0.05, 0.1) is 5.60 Å². The Morgan fingerprint density at radius 2 is 1.63 bits per heavy atom. The van der Waals surface area contributed by atoms with Gasteiger partial charge in [-0.1, -0.05) is 66.8 Å². The molecule has 0 radical (unpaired) electrons. The maximum absolute atomic E-state index is 11.9. The SMILES string of the molecule is CC(C)(CCC1CC(c2ccc(Cl)cc2Cl)C(O)(c2ccc(Cl)cc2)C1)[Si](C)(C)O. The van der Waals surface area contributed by atoms with Crippen molar-refractivity contribution in [2.45, 2.75) is 69.2 Å². The number of hydrogen-bond donors (Lipinski definition) is 2. The van der Waals surface area contributed by atoms with Gasteiger partial charge < -0.3 is 9.90 Å². The molecule has 30 heavy (non-hydrogen) atoms. The van der Waals surface area contributed by atoms with Crippen LogP contribution in [0.1, 0.15) is 56.6 Å². The predicted molar refractivity (Wildman–Crippen MR) is 130 cm³/mol. The lowest BCUT2D eigenvalue weighted by molar-refractivity contribution is 0.0221. The van der Waals surface area contributed by atoms with Gasteiger partial charge in [0.25, 0.3) is 0 Å². The molecule has 6 heteroatoms. The van der Waals surface area contributed by atoms with E-state index in [1.165, 1.54) is 0 Å². The smallest absolute Gasteiger partial charge is 0.188 e. The highest BCUT2D eigenvalue weighted by atomic mass is 35.5. The van der Waals surface area contributed by atoms with Crippen LogP contribution in [-0.4, -0.2) is 18.2 Å². The summed E-state index contributed by atoms with van der Waals surface area (Å²) in [5.74, 6) is 0.203. The molecule has 0 aromatic heterocycles. The maximum atomic E-state index is 11.9. The molecule has 2 aromatic carbocycles. The fourth-order valence-electron chi connectivity index (χ4n) is 4.51. The van der Waals surface area contributed by atoms with Crippen LogP contribution in [0, 0.1) is 5.92 Å². The normalized spacial score (nSPS) is 25.0. The lowest BCUT2D eigenvalue weighted by Gasteiger charge is -2.36. The minimum absolute atomic E-state index is 0.0820. The summed E-state index contributed by atoms with van der Waals surface area (Å²) < 4.78 is 0. The minimum Gasteiger partial charge on any atom is -0.432 e. The lowest BCUT2D eigenvalue weighted by Crippen LogP contribution is -2.39. The van der Waals surface area contributed by atoms with Gasteiger partial charge in [-0.15, -0.1) is 0 Å². The fraction of sp³-hybridized carbons (Fsp3) is 0.500. The summed E-state index contributed by atoms with van der Waals surface area (Å²) in [5, 5.41) is 13.7. The quantitative estimate of drug-likeness (QED) is 0.410. The number of rotatable bonds is 6. The van der Waals surface area contributed by atoms with E-state index in [9.17, 15) is 9.90 Å². The Hall–Kier alpha value is -0.553. The van der Waals surface area contributed by atoms with Crippen LogP contribution in [0.2, 0.25) is 33.2 Å². The zero-order valence-electron chi connectivity index (χ0n) is 18.1. The van der Waals surface area contributed by atoms with Gasteiger partial charge in [-0.2, -0.15) is 0 Å². The van der Waals surface area contributed by atoms with Gasteiger partial charge in [0.2, 0.25) is 0 Å². The van der Waals surface area contributed by atoms with Crippen molar-refractivity contribution in [1.29, 1.82) is 0 Å². The minimum atomic E-state index is -2.27. The van der Waals surface area contributed by atoms with Crippen LogP contribution in [0.15, 0.2) is 42.5 Å². The van der Waals surface area contributed by atoms with E-state index in [2.05, 4.69) is 13.8 Å². The molecule has 0 heterocycles. The van der Waals surface area contributed by atoms with Crippen molar-refractivity contribution in [2.24, 2.45) is 5.92 Å². The van der Waals surface area contributed by atoms with Crippen molar-refractivity contribution < 1.29 is 9.90 Å². The molecule has 164 valence electrons. The van der Waals surface area contributed by atoms with Crippen molar-refractivity contribution in [3.05, 3.63) is 68.7 Å². The lowest BCUT2D eigenvalue weighted by atomic mass is 9.80. The molecular weight excluding hydrogens is 455 g/mol. The van der Waals surface area contributed by atoms with E-state index in [0.29, 0.717) is 27.4 Å². The fourth-order valence-corrected chi connectivity index (χ4v) is 5.93. The summed E-state index contributed by atoms with van der Waals surface area (Å²) in [6.45, 7) is 8.32. The van der Waals surface area contributed by atoms with E-state index in [1.54, 1.807) is 6.07 Å². The Bertz CT molecular complexity index is 892. The molecule has 3 rings (SSSR count). The Morgan fingerprint density at radius 3 is 2.20 bits per heavy atom. The highest BCUT2D eigenvalue weighted by Crippen LogP contribution is 2.55. The van der Waals surface area contributed by atoms with Crippen LogP contribution in [0.4, 0.5) is 0 Å². The second-order valence-corrected chi connectivity index (χ2v) is 15.7. The molecule has 0 bridgehead atoms. The third kappa shape index (κ3) is 4.92. The van der Waals surface area contributed by atoms with E-state index < -0.39 is 13.9 Å². The first-order valence-corrected chi connectivity index (χ1v) is 14.6. The van der Waals surface area contributed by atoms with Gasteiger partial charge in [-0.25, -0.2) is 0 Å². The van der Waals surface area contributed by atoms with Crippen LogP contribution in [0.25, 0.3) is 0 Å². The maximum Gasteiger partial charge on any atom is 0.188 e. The first-order chi connectivity index (χ1) is 13.8. The van der Waals surface area contributed by atoms with Crippen molar-refractivity contribution in [1.82, 2.24) is 0 Å². The van der Waals surface area contributed by atoms with Gasteiger partial charge in [0.15, 0.2) is 8.32 Å². The topological polar surface area (TPSA) is 40.5 Å². The van der Waals surface area contributed by atoms with Gasteiger partial charge in [-0.3, -0.25) is 0 Å². The Labute approximate surface area is 196 Å². The highest BCUT2D eigenvalue weighted by molar-refractivity contribution is 6.72. The molecule has 3 unspecified atom stereocenters. The van der Waals surface area contributed by atoms with E-state index >= 15 is 0 Å². The largest absolute Gasteiger partial charge is 0.432 e. The Kier molecular flexibility index (Phi) is 7.04. The monoisotopic (exact) mass is 484 g/mol. The molecule has 2 N–H and O–H groups in total. The summed E-state index contributed by atoms with van der Waals surface area (Å²) in [7, 11) is -2.27. The van der Waals surface area contributed by atoms with Gasteiger partial charge in [-0.05, 0) is 85.1 Å². The van der Waals surface area contributed by atoms with Crippen LogP contribution in [0.3, 0.4) is 0 Å². The Balaban J connectivity index is 1.93. The van der Waals surface area contributed by atoms with Crippen LogP contribution in [-0.2, 0) is 5.60 Å². The number of halogens is 3. The van der Waals surface area contributed by atoms with Crippen LogP contribution in [0.5, 0.6) is 0 Å². The third-order valence-corrected chi connectivity index (χ3v) is 11.6. The zero-order chi connectivity index (χ0) is 22.3. The van der Waals surface area contributed by atoms with Crippen molar-refractivity contribution in [3.63, 3.8) is 0 Å². The number of benzene rings is 2. The molecule has 1 aliphatic carbocycles. The molecule has 3 atom stereocenters. The van der Waals surface area contributed by atoms with Crippen LogP contribution < -0.4 is 0 Å². The first kappa shape index (κ1) is 24.1. The summed E-state index contributed by atoms with van der Waals surface area (Å²) in [4.78, 5) is 10.7. The molecule has 2 aromatic rings. The molecule has 0 saturated heterocycles. The average Bonchev–Trinajstić information content (AvgIpc) is 2.97. The Morgan fingerprint density at radius 1 is 1.03 bits per heavy atom. The standard InChI is InChI=1S/C24H31Cl3O2Si/c1-23(2,30(3,4)29)12-11-16-13-21(20-10-9-19(26)14-22(20)27)24(28,15-16)17-5-7-18(25)8-6-17/h5-10,14,16,21,28-29H,11-13,15H2,1-4H3. The predicted octanol–water partition coefficient (Wildman–Crippen LogP) is 7.79. The van der Waals surface area contributed by atoms with E-state index in [0.717, 1.165) is 30.4 Å². The highest BCUT2D eigenvalue weighted by Gasteiger charge is 2.49. The second kappa shape index (κ2) is 8.76.